The minimum Gasteiger partial charge on any atom is -0.477 e. The van der Waals surface area contributed by atoms with Crippen molar-refractivity contribution >= 4 is 39.3 Å². The highest BCUT2D eigenvalue weighted by Gasteiger charge is 2.13. The molecule has 2 aromatic heterocycles. The molecular formula is C7H4ClNO2S. The number of thiophene rings is 1. The summed E-state index contributed by atoms with van der Waals surface area (Å²) in [6.45, 7) is 0. The Balaban J connectivity index is 2.78. The lowest BCUT2D eigenvalue weighted by molar-refractivity contribution is 0.0690. The largest absolute Gasteiger partial charge is 0.477 e. The molecule has 0 spiro atoms. The quantitative estimate of drug-likeness (QED) is 0.770. The predicted octanol–water partition coefficient (Wildman–Crippen LogP) is 2.40. The Hall–Kier alpha value is -1.00. The molecule has 2 aromatic rings. The van der Waals surface area contributed by atoms with Crippen LogP contribution in [-0.2, 0) is 0 Å². The Morgan fingerprint density at radius 3 is 3.00 bits per heavy atom. The molecule has 0 aromatic carbocycles. The first-order chi connectivity index (χ1) is 5.70. The third-order valence-corrected chi connectivity index (χ3v) is 2.94. The number of rotatable bonds is 1. The van der Waals surface area contributed by atoms with Gasteiger partial charge in [-0.2, -0.15) is 0 Å². The minimum atomic E-state index is -1.01. The number of aromatic carboxylic acids is 1. The maximum Gasteiger partial charge on any atom is 0.353 e. The number of fused-ring (bicyclic) bond motifs is 1. The van der Waals surface area contributed by atoms with E-state index in [4.69, 9.17) is 16.9 Å². The van der Waals surface area contributed by atoms with Crippen LogP contribution in [0, 0.1) is 0 Å². The zero-order chi connectivity index (χ0) is 8.72. The fraction of sp³-hybridized carbons (Fsp3) is 0. The summed E-state index contributed by atoms with van der Waals surface area (Å²) in [7, 11) is 0. The lowest BCUT2D eigenvalue weighted by Crippen LogP contribution is -1.99. The van der Waals surface area contributed by atoms with Crippen LogP contribution in [0.1, 0.15) is 10.5 Å². The van der Waals surface area contributed by atoms with Crippen molar-refractivity contribution in [3.05, 3.63) is 23.2 Å². The van der Waals surface area contributed by atoms with Crippen LogP contribution in [0.4, 0.5) is 0 Å². The normalized spacial score (nSPS) is 10.8. The molecule has 0 amide bonds. The highest BCUT2D eigenvalue weighted by molar-refractivity contribution is 7.17. The number of carboxylic acid groups (broad SMARTS) is 1. The monoisotopic (exact) mass is 201 g/mol. The summed E-state index contributed by atoms with van der Waals surface area (Å²) in [5, 5.41) is 11.4. The third-order valence-electron chi connectivity index (χ3n) is 1.58. The van der Waals surface area contributed by atoms with Crippen LogP contribution in [0.25, 0.3) is 10.2 Å². The lowest BCUT2D eigenvalue weighted by atomic mass is 10.4. The maximum absolute atomic E-state index is 10.6. The van der Waals surface area contributed by atoms with Gasteiger partial charge in [0.1, 0.15) is 10.5 Å². The zero-order valence-electron chi connectivity index (χ0n) is 5.82. The number of halogens is 1. The Kier molecular flexibility index (Phi) is 1.59. The van der Waals surface area contributed by atoms with Gasteiger partial charge in [-0.1, -0.05) is 0 Å². The Bertz CT molecular complexity index is 445. The van der Waals surface area contributed by atoms with E-state index in [1.165, 1.54) is 15.4 Å². The van der Waals surface area contributed by atoms with Crippen molar-refractivity contribution in [2.45, 2.75) is 0 Å². The van der Waals surface area contributed by atoms with Crippen molar-refractivity contribution in [1.82, 2.24) is 4.09 Å². The second kappa shape index (κ2) is 2.50. The average molecular weight is 202 g/mol. The van der Waals surface area contributed by atoms with Crippen molar-refractivity contribution in [3.63, 3.8) is 0 Å². The van der Waals surface area contributed by atoms with Gasteiger partial charge >= 0.3 is 5.97 Å². The van der Waals surface area contributed by atoms with Gasteiger partial charge in [-0.15, -0.1) is 11.3 Å². The average Bonchev–Trinajstić information content (AvgIpc) is 2.53. The Labute approximate surface area is 76.9 Å². The molecule has 0 aliphatic carbocycles. The van der Waals surface area contributed by atoms with Gasteiger partial charge in [-0.05, 0) is 17.5 Å². The van der Waals surface area contributed by atoms with Crippen LogP contribution < -0.4 is 0 Å². The van der Waals surface area contributed by atoms with E-state index >= 15 is 0 Å². The number of hydrogen-bond acceptors (Lipinski definition) is 2. The molecule has 0 saturated heterocycles. The van der Waals surface area contributed by atoms with E-state index in [1.807, 2.05) is 11.4 Å². The first kappa shape index (κ1) is 7.64. The number of carboxylic acids is 1. The molecule has 0 atom stereocenters. The van der Waals surface area contributed by atoms with Gasteiger partial charge in [0.2, 0.25) is 0 Å². The van der Waals surface area contributed by atoms with Gasteiger partial charge in [0.25, 0.3) is 0 Å². The SMILES string of the molecule is O=C(O)c1cc2ccsc2n1Cl. The molecule has 2 heterocycles. The van der Waals surface area contributed by atoms with Gasteiger partial charge in [0.05, 0.1) is 0 Å². The molecule has 5 heteroatoms. The van der Waals surface area contributed by atoms with Crippen molar-refractivity contribution in [2.75, 3.05) is 0 Å². The van der Waals surface area contributed by atoms with Crippen molar-refractivity contribution in [3.8, 4) is 0 Å². The molecule has 0 radical (unpaired) electrons. The second-order valence-electron chi connectivity index (χ2n) is 2.30. The summed E-state index contributed by atoms with van der Waals surface area (Å²) in [6.07, 6.45) is 0. The molecule has 1 N–H and O–H groups in total. The summed E-state index contributed by atoms with van der Waals surface area (Å²) >= 11 is 7.16. The van der Waals surface area contributed by atoms with Crippen LogP contribution in [0.2, 0.25) is 0 Å². The Morgan fingerprint density at radius 2 is 2.42 bits per heavy atom. The summed E-state index contributed by atoms with van der Waals surface area (Å²) in [6, 6.07) is 3.40. The maximum atomic E-state index is 10.6. The summed E-state index contributed by atoms with van der Waals surface area (Å²) < 4.78 is 1.17. The first-order valence-electron chi connectivity index (χ1n) is 3.18. The van der Waals surface area contributed by atoms with E-state index in [9.17, 15) is 4.79 Å². The number of nitrogens with zero attached hydrogens (tertiary/aromatic N) is 1. The van der Waals surface area contributed by atoms with Gasteiger partial charge < -0.3 is 5.11 Å². The lowest BCUT2D eigenvalue weighted by Gasteiger charge is -1.91. The first-order valence-corrected chi connectivity index (χ1v) is 4.40. The van der Waals surface area contributed by atoms with Crippen LogP contribution in [0.3, 0.4) is 0 Å². The van der Waals surface area contributed by atoms with Crippen LogP contribution in [0.15, 0.2) is 17.5 Å². The van der Waals surface area contributed by atoms with Gasteiger partial charge in [0, 0.05) is 17.2 Å². The van der Waals surface area contributed by atoms with Crippen LogP contribution in [0.5, 0.6) is 0 Å². The van der Waals surface area contributed by atoms with Crippen molar-refractivity contribution in [2.24, 2.45) is 0 Å². The molecule has 0 bridgehead atoms. The number of hydrogen-bond donors (Lipinski definition) is 1. The predicted molar refractivity (Wildman–Crippen MR) is 48.0 cm³/mol. The molecule has 62 valence electrons. The third kappa shape index (κ3) is 0.922. The standard InChI is InChI=1S/C7H4ClNO2S/c8-9-5(7(10)11)3-4-1-2-12-6(4)9/h1-3H,(H,10,11). The zero-order valence-corrected chi connectivity index (χ0v) is 7.39. The van der Waals surface area contributed by atoms with E-state index in [2.05, 4.69) is 0 Å². The highest BCUT2D eigenvalue weighted by Crippen LogP contribution is 2.25. The molecule has 0 unspecified atom stereocenters. The van der Waals surface area contributed by atoms with Crippen molar-refractivity contribution in [1.29, 1.82) is 0 Å². The van der Waals surface area contributed by atoms with Gasteiger partial charge in [-0.25, -0.2) is 8.88 Å². The summed E-state index contributed by atoms with van der Waals surface area (Å²) in [5.74, 6) is -1.01. The highest BCUT2D eigenvalue weighted by atomic mass is 35.5. The molecule has 0 fully saturated rings. The van der Waals surface area contributed by atoms with E-state index in [0.717, 1.165) is 10.2 Å². The van der Waals surface area contributed by atoms with Crippen LogP contribution in [-0.4, -0.2) is 15.2 Å². The minimum absolute atomic E-state index is 0.110. The van der Waals surface area contributed by atoms with E-state index in [-0.39, 0.29) is 5.69 Å². The molecule has 3 nitrogen and oxygen atoms in total. The van der Waals surface area contributed by atoms with E-state index in [0.29, 0.717) is 0 Å². The molecule has 2 rings (SSSR count). The second-order valence-corrected chi connectivity index (χ2v) is 3.53. The van der Waals surface area contributed by atoms with Crippen LogP contribution >= 0.6 is 23.1 Å². The Morgan fingerprint density at radius 1 is 1.67 bits per heavy atom. The van der Waals surface area contributed by atoms with Gasteiger partial charge in [-0.3, -0.25) is 0 Å². The fourth-order valence-electron chi connectivity index (χ4n) is 1.04. The smallest absolute Gasteiger partial charge is 0.353 e. The molecule has 12 heavy (non-hydrogen) atoms. The fourth-order valence-corrected chi connectivity index (χ4v) is 2.18. The number of carbonyl (C=O) groups is 1. The van der Waals surface area contributed by atoms with E-state index in [1.54, 1.807) is 6.07 Å². The molecule has 0 aliphatic heterocycles. The molecule has 0 saturated carbocycles. The topological polar surface area (TPSA) is 42.2 Å². The van der Waals surface area contributed by atoms with Gasteiger partial charge in [0.15, 0.2) is 0 Å². The van der Waals surface area contributed by atoms with E-state index < -0.39 is 5.97 Å². The molecular weight excluding hydrogens is 198 g/mol. The summed E-state index contributed by atoms with van der Waals surface area (Å²) in [4.78, 5) is 11.4. The van der Waals surface area contributed by atoms with Crippen molar-refractivity contribution < 1.29 is 9.90 Å². The number of aromatic nitrogens is 1. The summed E-state index contributed by atoms with van der Waals surface area (Å²) in [5.41, 5.74) is 0.110. The molecule has 0 aliphatic rings.